The van der Waals surface area contributed by atoms with E-state index in [0.29, 0.717) is 0 Å². The Labute approximate surface area is 193 Å². The Morgan fingerprint density at radius 3 is 2.50 bits per heavy atom. The van der Waals surface area contributed by atoms with Crippen LogP contribution in [0.15, 0.2) is 45.6 Å². The summed E-state index contributed by atoms with van der Waals surface area (Å²) >= 11 is 0. The number of fused-ring (bicyclic) bond motifs is 1. The lowest BCUT2D eigenvalue weighted by molar-refractivity contribution is -0.137. The number of carboxylic acids is 1. The van der Waals surface area contributed by atoms with Gasteiger partial charge in [0.1, 0.15) is 12.6 Å². The van der Waals surface area contributed by atoms with Crippen molar-refractivity contribution >= 4 is 40.5 Å². The number of aryl methyl sites for hydroxylation is 1. The number of alkyl carbamates (subject to hydrolysis) is 1. The van der Waals surface area contributed by atoms with Crippen molar-refractivity contribution in [2.75, 3.05) is 11.1 Å². The molecule has 178 valence electrons. The first-order valence-corrected chi connectivity index (χ1v) is 10.3. The van der Waals surface area contributed by atoms with Gasteiger partial charge in [-0.05, 0) is 38.0 Å². The smallest absolute Gasteiger partial charge is 0.408 e. The molecule has 11 nitrogen and oxygen atoms in total. The van der Waals surface area contributed by atoms with E-state index in [0.717, 1.165) is 5.56 Å². The molecule has 1 unspecified atom stereocenters. The molecule has 0 spiro atoms. The number of nitrogen functional groups attached to an aromatic ring is 1. The molecule has 2 atom stereocenters. The number of ether oxygens (including phenoxy) is 1. The third kappa shape index (κ3) is 5.31. The van der Waals surface area contributed by atoms with Gasteiger partial charge in [0, 0.05) is 11.3 Å². The lowest BCUT2D eigenvalue weighted by atomic mass is 9.98. The maximum atomic E-state index is 13.0. The first kappa shape index (κ1) is 24.2. The van der Waals surface area contributed by atoms with Gasteiger partial charge in [-0.15, -0.1) is 0 Å². The average molecular weight is 468 g/mol. The minimum atomic E-state index is -1.17. The van der Waals surface area contributed by atoms with Gasteiger partial charge in [0.25, 0.3) is 6.01 Å². The number of anilines is 2. The van der Waals surface area contributed by atoms with E-state index in [-0.39, 0.29) is 40.3 Å². The second-order valence-corrected chi connectivity index (χ2v) is 7.66. The molecule has 1 amide bonds. The van der Waals surface area contributed by atoms with Gasteiger partial charge in [0.2, 0.25) is 0 Å². The van der Waals surface area contributed by atoms with Crippen LogP contribution in [0.3, 0.4) is 0 Å². The van der Waals surface area contributed by atoms with Gasteiger partial charge in [-0.25, -0.2) is 9.59 Å². The SMILES string of the molecule is Cc1c(N)c(C(=O)[C@H](C)NC(=O)OCc2ccccc2)cc2nc(NC(C)C(=O)O)oc(=O)c12. The number of carbonyl (C=O) groups excluding carboxylic acids is 2. The van der Waals surface area contributed by atoms with Crippen LogP contribution in [0, 0.1) is 6.92 Å². The first-order valence-electron chi connectivity index (χ1n) is 10.3. The van der Waals surface area contributed by atoms with Crippen LogP contribution in [0.1, 0.15) is 35.3 Å². The number of nitrogens with zero attached hydrogens (tertiary/aromatic N) is 1. The molecule has 1 aromatic heterocycles. The number of benzene rings is 2. The fourth-order valence-electron chi connectivity index (χ4n) is 3.19. The largest absolute Gasteiger partial charge is 0.480 e. The van der Waals surface area contributed by atoms with Crippen LogP contribution in [-0.2, 0) is 16.1 Å². The molecule has 0 bridgehead atoms. The normalized spacial score (nSPS) is 12.6. The molecular formula is C23H24N4O7. The number of hydrogen-bond donors (Lipinski definition) is 4. The molecular weight excluding hydrogens is 444 g/mol. The van der Waals surface area contributed by atoms with Gasteiger partial charge in [-0.3, -0.25) is 9.59 Å². The third-order valence-corrected chi connectivity index (χ3v) is 5.14. The minimum absolute atomic E-state index is 0.0368. The molecule has 1 heterocycles. The van der Waals surface area contributed by atoms with E-state index in [1.54, 1.807) is 12.1 Å². The quantitative estimate of drug-likeness (QED) is 0.284. The van der Waals surface area contributed by atoms with Gasteiger partial charge in [-0.2, -0.15) is 4.98 Å². The topological polar surface area (TPSA) is 174 Å². The highest BCUT2D eigenvalue weighted by molar-refractivity contribution is 6.09. The van der Waals surface area contributed by atoms with Crippen LogP contribution in [0.25, 0.3) is 10.9 Å². The first-order chi connectivity index (χ1) is 16.1. The number of nitrogens with two attached hydrogens (primary N) is 1. The van der Waals surface area contributed by atoms with Gasteiger partial charge in [0.15, 0.2) is 5.78 Å². The summed E-state index contributed by atoms with van der Waals surface area (Å²) in [7, 11) is 0. The Balaban J connectivity index is 1.83. The highest BCUT2D eigenvalue weighted by atomic mass is 16.5. The number of rotatable bonds is 8. The number of hydrogen-bond acceptors (Lipinski definition) is 9. The summed E-state index contributed by atoms with van der Waals surface area (Å²) in [5.41, 5.74) is 6.56. The molecule has 0 radical (unpaired) electrons. The number of carbonyl (C=O) groups is 3. The molecule has 0 saturated heterocycles. The summed E-state index contributed by atoms with van der Waals surface area (Å²) in [6, 6.07) is 7.98. The molecule has 0 aliphatic heterocycles. The standard InChI is InChI=1S/C23H24N4O7/c1-11-17-16(27-22(34-21(17)31)25-13(3)20(29)30)9-15(18(11)24)19(28)12(2)26-23(32)33-10-14-7-5-4-6-8-14/h4-9,12-13H,10,24H2,1-3H3,(H,25,27)(H,26,32)(H,29,30)/t12-,13?/m0/s1. The molecule has 0 aliphatic carbocycles. The second-order valence-electron chi connectivity index (χ2n) is 7.66. The molecule has 34 heavy (non-hydrogen) atoms. The number of ketones is 1. The highest BCUT2D eigenvalue weighted by Gasteiger charge is 2.24. The molecule has 2 aromatic carbocycles. The van der Waals surface area contributed by atoms with Crippen LogP contribution in [0.5, 0.6) is 0 Å². The molecule has 0 aliphatic rings. The van der Waals surface area contributed by atoms with E-state index in [2.05, 4.69) is 15.6 Å². The minimum Gasteiger partial charge on any atom is -0.480 e. The van der Waals surface area contributed by atoms with Gasteiger partial charge >= 0.3 is 17.7 Å². The van der Waals surface area contributed by atoms with Crippen LogP contribution in [0.2, 0.25) is 0 Å². The lowest BCUT2D eigenvalue weighted by Crippen LogP contribution is -2.39. The van der Waals surface area contributed by atoms with E-state index >= 15 is 0 Å². The zero-order valence-corrected chi connectivity index (χ0v) is 18.7. The van der Waals surface area contributed by atoms with Crippen molar-refractivity contribution in [1.82, 2.24) is 10.3 Å². The van der Waals surface area contributed by atoms with Crippen LogP contribution in [-0.4, -0.2) is 40.0 Å². The van der Waals surface area contributed by atoms with Crippen molar-refractivity contribution < 1.29 is 28.6 Å². The predicted molar refractivity (Wildman–Crippen MR) is 124 cm³/mol. The maximum Gasteiger partial charge on any atom is 0.408 e. The van der Waals surface area contributed by atoms with E-state index in [1.807, 2.05) is 18.2 Å². The summed E-state index contributed by atoms with van der Waals surface area (Å²) in [4.78, 5) is 52.8. The van der Waals surface area contributed by atoms with E-state index < -0.39 is 35.6 Å². The second kappa shape index (κ2) is 10.0. The van der Waals surface area contributed by atoms with Crippen LogP contribution in [0.4, 0.5) is 16.5 Å². The van der Waals surface area contributed by atoms with Crippen LogP contribution < -0.4 is 22.0 Å². The fraction of sp³-hybridized carbons (Fsp3) is 0.261. The summed E-state index contributed by atoms with van der Waals surface area (Å²) in [5.74, 6) is -1.70. The summed E-state index contributed by atoms with van der Waals surface area (Å²) in [5, 5.41) is 14.0. The Kier molecular flexibility index (Phi) is 7.15. The number of aromatic nitrogens is 1. The Morgan fingerprint density at radius 2 is 1.85 bits per heavy atom. The number of nitrogens with one attached hydrogen (secondary N) is 2. The van der Waals surface area contributed by atoms with Crippen molar-refractivity contribution in [2.45, 2.75) is 39.5 Å². The summed E-state index contributed by atoms with van der Waals surface area (Å²) in [6.07, 6.45) is -0.784. The predicted octanol–water partition coefficient (Wildman–Crippen LogP) is 2.46. The Hall–Kier alpha value is -4.41. The Morgan fingerprint density at radius 1 is 1.18 bits per heavy atom. The molecule has 0 fully saturated rings. The van der Waals surface area contributed by atoms with Crippen molar-refractivity contribution in [3.63, 3.8) is 0 Å². The molecule has 0 saturated carbocycles. The molecule has 11 heteroatoms. The van der Waals surface area contributed by atoms with Crippen molar-refractivity contribution in [2.24, 2.45) is 0 Å². The molecule has 3 aromatic rings. The highest BCUT2D eigenvalue weighted by Crippen LogP contribution is 2.26. The number of aliphatic carboxylic acids is 1. The lowest BCUT2D eigenvalue weighted by Gasteiger charge is -2.16. The van der Waals surface area contributed by atoms with Gasteiger partial charge in [-0.1, -0.05) is 30.3 Å². The van der Waals surface area contributed by atoms with E-state index in [9.17, 15) is 19.2 Å². The van der Waals surface area contributed by atoms with Crippen molar-refractivity contribution in [3.05, 3.63) is 63.5 Å². The number of carboxylic acid groups (broad SMARTS) is 1. The van der Waals surface area contributed by atoms with Gasteiger partial charge < -0.3 is 30.6 Å². The summed E-state index contributed by atoms with van der Waals surface area (Å²) < 4.78 is 10.2. The monoisotopic (exact) mass is 468 g/mol. The zero-order chi connectivity index (χ0) is 25.0. The van der Waals surface area contributed by atoms with E-state index in [4.69, 9.17) is 20.0 Å². The number of Topliss-reactive ketones (excluding diaryl/α,β-unsaturated/α-hetero) is 1. The third-order valence-electron chi connectivity index (χ3n) is 5.14. The molecule has 3 rings (SSSR count). The van der Waals surface area contributed by atoms with Crippen molar-refractivity contribution in [1.29, 1.82) is 0 Å². The molecule has 5 N–H and O–H groups in total. The Bertz CT molecular complexity index is 1300. The van der Waals surface area contributed by atoms with Crippen molar-refractivity contribution in [3.8, 4) is 0 Å². The van der Waals surface area contributed by atoms with Gasteiger partial charge in [0.05, 0.1) is 16.9 Å². The summed E-state index contributed by atoms with van der Waals surface area (Å²) in [6.45, 7) is 4.39. The zero-order valence-electron chi connectivity index (χ0n) is 18.7. The number of amides is 1. The van der Waals surface area contributed by atoms with E-state index in [1.165, 1.54) is 26.8 Å². The van der Waals surface area contributed by atoms with Crippen LogP contribution >= 0.6 is 0 Å². The maximum absolute atomic E-state index is 13.0. The average Bonchev–Trinajstić information content (AvgIpc) is 2.79. The fourth-order valence-corrected chi connectivity index (χ4v) is 3.19.